The molecule has 8 heteroatoms. The van der Waals surface area contributed by atoms with Gasteiger partial charge in [-0.3, -0.25) is 9.59 Å². The van der Waals surface area contributed by atoms with Crippen molar-refractivity contribution in [3.63, 3.8) is 0 Å². The summed E-state index contributed by atoms with van der Waals surface area (Å²) in [6.07, 6.45) is 1.57. The molecule has 4 N–H and O–H groups in total. The molecule has 7 nitrogen and oxygen atoms in total. The van der Waals surface area contributed by atoms with E-state index in [0.717, 1.165) is 0 Å². The number of carboxylic acids is 1. The third kappa shape index (κ3) is 5.82. The summed E-state index contributed by atoms with van der Waals surface area (Å²) < 4.78 is 23.1. The Bertz CT molecular complexity index is 655. The van der Waals surface area contributed by atoms with Gasteiger partial charge in [0.1, 0.15) is 0 Å². The summed E-state index contributed by atoms with van der Waals surface area (Å²) in [7, 11) is -3.85. The third-order valence-corrected chi connectivity index (χ3v) is 4.08. The predicted molar refractivity (Wildman–Crippen MR) is 81.9 cm³/mol. The van der Waals surface area contributed by atoms with Crippen LogP contribution in [0.2, 0.25) is 0 Å². The van der Waals surface area contributed by atoms with E-state index in [1.807, 2.05) is 6.92 Å². The molecule has 0 heterocycles. The van der Waals surface area contributed by atoms with Crippen LogP contribution in [0.3, 0.4) is 0 Å². The molecular weight excluding hydrogens is 308 g/mol. The van der Waals surface area contributed by atoms with E-state index >= 15 is 0 Å². The van der Waals surface area contributed by atoms with Crippen molar-refractivity contribution in [3.05, 3.63) is 23.8 Å². The standard InChI is InChI=1S/C14H20N2O5S/c1-2-10-7-8-11(9-12(10)22(15,20)21)16-13(17)5-3-4-6-14(18)19/h7-9H,2-6H2,1H3,(H,16,17)(H,18,19)(H2,15,20,21). The monoisotopic (exact) mass is 328 g/mol. The Morgan fingerprint density at radius 2 is 1.86 bits per heavy atom. The van der Waals surface area contributed by atoms with E-state index in [2.05, 4.69) is 5.32 Å². The first-order valence-electron chi connectivity index (χ1n) is 6.91. The first-order chi connectivity index (χ1) is 10.2. The number of anilines is 1. The Labute approximate surface area is 129 Å². The molecule has 22 heavy (non-hydrogen) atoms. The summed E-state index contributed by atoms with van der Waals surface area (Å²) >= 11 is 0. The fraction of sp³-hybridized carbons (Fsp3) is 0.429. The Morgan fingerprint density at radius 1 is 1.23 bits per heavy atom. The number of carbonyl (C=O) groups is 2. The third-order valence-electron chi connectivity index (χ3n) is 3.08. The summed E-state index contributed by atoms with van der Waals surface area (Å²) in [5, 5.41) is 16.3. The summed E-state index contributed by atoms with van der Waals surface area (Å²) in [5.41, 5.74) is 0.936. The predicted octanol–water partition coefficient (Wildman–Crippen LogP) is 1.48. The number of amides is 1. The van der Waals surface area contributed by atoms with Gasteiger partial charge in [0.05, 0.1) is 4.90 Å². The number of aryl methyl sites for hydroxylation is 1. The van der Waals surface area contributed by atoms with E-state index in [1.165, 1.54) is 6.07 Å². The zero-order chi connectivity index (χ0) is 16.8. The molecule has 0 saturated carbocycles. The van der Waals surface area contributed by atoms with Crippen LogP contribution in [0.5, 0.6) is 0 Å². The van der Waals surface area contributed by atoms with Gasteiger partial charge in [0.2, 0.25) is 15.9 Å². The Hall–Kier alpha value is -1.93. The molecule has 0 saturated heterocycles. The van der Waals surface area contributed by atoms with Gasteiger partial charge in [-0.05, 0) is 37.0 Å². The number of hydrogen-bond donors (Lipinski definition) is 3. The highest BCUT2D eigenvalue weighted by Crippen LogP contribution is 2.20. The molecule has 0 unspecified atom stereocenters. The van der Waals surface area contributed by atoms with Crippen molar-refractivity contribution in [3.8, 4) is 0 Å². The second-order valence-corrected chi connectivity index (χ2v) is 6.40. The van der Waals surface area contributed by atoms with Crippen molar-refractivity contribution >= 4 is 27.6 Å². The second-order valence-electron chi connectivity index (χ2n) is 4.87. The molecule has 0 spiro atoms. The first-order valence-corrected chi connectivity index (χ1v) is 8.46. The van der Waals surface area contributed by atoms with Crippen LogP contribution in [0, 0.1) is 0 Å². The molecule has 0 radical (unpaired) electrons. The summed E-state index contributed by atoms with van der Waals surface area (Å²) in [6, 6.07) is 4.56. The number of unbranched alkanes of at least 4 members (excludes halogenated alkanes) is 1. The number of hydrogen-bond acceptors (Lipinski definition) is 4. The fourth-order valence-electron chi connectivity index (χ4n) is 1.97. The average molecular weight is 328 g/mol. The summed E-state index contributed by atoms with van der Waals surface area (Å²) in [5.74, 6) is -1.19. The quantitative estimate of drug-likeness (QED) is 0.623. The lowest BCUT2D eigenvalue weighted by atomic mass is 10.1. The maximum absolute atomic E-state index is 11.7. The van der Waals surface area contributed by atoms with Crippen molar-refractivity contribution in [1.29, 1.82) is 0 Å². The van der Waals surface area contributed by atoms with E-state index in [-0.39, 0.29) is 23.6 Å². The molecule has 0 aliphatic carbocycles. The molecule has 0 fully saturated rings. The minimum Gasteiger partial charge on any atom is -0.481 e. The van der Waals surface area contributed by atoms with Gasteiger partial charge >= 0.3 is 5.97 Å². The number of aliphatic carboxylic acids is 1. The number of primary sulfonamides is 1. The molecule has 0 aliphatic heterocycles. The van der Waals surface area contributed by atoms with Crippen LogP contribution in [-0.2, 0) is 26.0 Å². The van der Waals surface area contributed by atoms with Crippen LogP contribution in [-0.4, -0.2) is 25.4 Å². The van der Waals surface area contributed by atoms with Crippen molar-refractivity contribution in [1.82, 2.24) is 0 Å². The zero-order valence-electron chi connectivity index (χ0n) is 12.3. The maximum atomic E-state index is 11.7. The Kier molecular flexibility index (Phi) is 6.51. The van der Waals surface area contributed by atoms with Gasteiger partial charge in [0.25, 0.3) is 0 Å². The smallest absolute Gasteiger partial charge is 0.303 e. The van der Waals surface area contributed by atoms with E-state index in [4.69, 9.17) is 10.2 Å². The van der Waals surface area contributed by atoms with Crippen LogP contribution in [0.15, 0.2) is 23.1 Å². The normalized spacial score (nSPS) is 11.2. The van der Waals surface area contributed by atoms with Gasteiger partial charge in [-0.1, -0.05) is 13.0 Å². The van der Waals surface area contributed by atoms with Crippen LogP contribution in [0.1, 0.15) is 38.2 Å². The molecule has 0 aliphatic rings. The fourth-order valence-corrected chi connectivity index (χ4v) is 2.84. The minimum absolute atomic E-state index is 0.00122. The Balaban J connectivity index is 2.70. The lowest BCUT2D eigenvalue weighted by Gasteiger charge is -2.10. The van der Waals surface area contributed by atoms with Crippen LogP contribution in [0.4, 0.5) is 5.69 Å². The molecule has 0 atom stereocenters. The van der Waals surface area contributed by atoms with Gasteiger partial charge in [0.15, 0.2) is 0 Å². The number of nitrogens with one attached hydrogen (secondary N) is 1. The van der Waals surface area contributed by atoms with Gasteiger partial charge in [-0.15, -0.1) is 0 Å². The van der Waals surface area contributed by atoms with Crippen molar-refractivity contribution in [2.24, 2.45) is 5.14 Å². The van der Waals surface area contributed by atoms with Crippen molar-refractivity contribution in [2.75, 3.05) is 5.32 Å². The SMILES string of the molecule is CCc1ccc(NC(=O)CCCCC(=O)O)cc1S(N)(=O)=O. The summed E-state index contributed by atoms with van der Waals surface area (Å²) in [6.45, 7) is 1.81. The van der Waals surface area contributed by atoms with Crippen molar-refractivity contribution < 1.29 is 23.1 Å². The van der Waals surface area contributed by atoms with Gasteiger partial charge in [-0.2, -0.15) is 0 Å². The van der Waals surface area contributed by atoms with Gasteiger partial charge in [-0.25, -0.2) is 13.6 Å². The van der Waals surface area contributed by atoms with E-state index in [0.29, 0.717) is 30.5 Å². The van der Waals surface area contributed by atoms with Crippen LogP contribution in [0.25, 0.3) is 0 Å². The molecule has 122 valence electrons. The molecule has 0 aromatic heterocycles. The highest BCUT2D eigenvalue weighted by atomic mass is 32.2. The number of benzene rings is 1. The van der Waals surface area contributed by atoms with Crippen molar-refractivity contribution in [2.45, 2.75) is 43.9 Å². The first kappa shape index (κ1) is 18.1. The number of nitrogens with two attached hydrogens (primary N) is 1. The summed E-state index contributed by atoms with van der Waals surface area (Å²) in [4.78, 5) is 22.1. The lowest BCUT2D eigenvalue weighted by Crippen LogP contribution is -2.16. The molecule has 0 bridgehead atoms. The molecule has 1 amide bonds. The Morgan fingerprint density at radius 3 is 2.41 bits per heavy atom. The van der Waals surface area contributed by atoms with Gasteiger partial charge in [0, 0.05) is 18.5 Å². The molecule has 1 rings (SSSR count). The molecule has 1 aromatic rings. The highest BCUT2D eigenvalue weighted by molar-refractivity contribution is 7.89. The molecule has 1 aromatic carbocycles. The lowest BCUT2D eigenvalue weighted by molar-refractivity contribution is -0.137. The second kappa shape index (κ2) is 7.90. The maximum Gasteiger partial charge on any atom is 0.303 e. The van der Waals surface area contributed by atoms with Gasteiger partial charge < -0.3 is 10.4 Å². The zero-order valence-corrected chi connectivity index (χ0v) is 13.1. The number of rotatable bonds is 8. The topological polar surface area (TPSA) is 127 Å². The van der Waals surface area contributed by atoms with E-state index in [9.17, 15) is 18.0 Å². The average Bonchev–Trinajstić information content (AvgIpc) is 2.42. The largest absolute Gasteiger partial charge is 0.481 e. The number of sulfonamides is 1. The minimum atomic E-state index is -3.85. The van der Waals surface area contributed by atoms with Crippen LogP contribution >= 0.6 is 0 Å². The number of carbonyl (C=O) groups excluding carboxylic acids is 1. The highest BCUT2D eigenvalue weighted by Gasteiger charge is 2.14. The van der Waals surface area contributed by atoms with E-state index in [1.54, 1.807) is 12.1 Å². The molecular formula is C14H20N2O5S. The number of carboxylic acid groups (broad SMARTS) is 1. The van der Waals surface area contributed by atoms with Crippen LogP contribution < -0.4 is 10.5 Å². The van der Waals surface area contributed by atoms with E-state index < -0.39 is 16.0 Å².